The lowest BCUT2D eigenvalue weighted by molar-refractivity contribution is -0.143. The maximum atomic E-state index is 12.5. The summed E-state index contributed by atoms with van der Waals surface area (Å²) in [6.07, 6.45) is 60.5. The SMILES string of the molecule is CCCCCCC/C=C\CCCCCCCC(=O)OCCCCCCCCCCCCCCCCCCCC(=O)NC(CO)C(O)CCCCCCCCCCCCCCCC. The number of hydrogen-bond donors (Lipinski definition) is 3. The monoisotopic (exact) mass is 876 g/mol. The van der Waals surface area contributed by atoms with Crippen LogP contribution in [-0.4, -0.2) is 47.4 Å². The second-order valence-corrected chi connectivity index (χ2v) is 19.3. The van der Waals surface area contributed by atoms with Gasteiger partial charge in [0.05, 0.1) is 25.4 Å². The molecule has 0 fully saturated rings. The van der Waals surface area contributed by atoms with Crippen molar-refractivity contribution in [3.63, 3.8) is 0 Å². The highest BCUT2D eigenvalue weighted by Crippen LogP contribution is 2.17. The zero-order chi connectivity index (χ0) is 45.1. The number of carbonyl (C=O) groups excluding carboxylic acids is 2. The minimum Gasteiger partial charge on any atom is -0.466 e. The van der Waals surface area contributed by atoms with Crippen LogP contribution in [0.2, 0.25) is 0 Å². The van der Waals surface area contributed by atoms with E-state index in [1.807, 2.05) is 0 Å². The van der Waals surface area contributed by atoms with Crippen LogP contribution >= 0.6 is 0 Å². The Labute approximate surface area is 387 Å². The Balaban J connectivity index is 3.41. The fourth-order valence-electron chi connectivity index (χ4n) is 8.75. The van der Waals surface area contributed by atoms with Crippen LogP contribution in [0.3, 0.4) is 0 Å². The molecular weight excluding hydrogens is 767 g/mol. The number of aliphatic hydroxyl groups is 2. The maximum Gasteiger partial charge on any atom is 0.305 e. The number of amides is 1. The summed E-state index contributed by atoms with van der Waals surface area (Å²) in [6, 6.07) is -0.544. The summed E-state index contributed by atoms with van der Waals surface area (Å²) in [5, 5.41) is 23.2. The van der Waals surface area contributed by atoms with Crippen molar-refractivity contribution in [1.82, 2.24) is 5.32 Å². The zero-order valence-electron chi connectivity index (χ0n) is 41.9. The topological polar surface area (TPSA) is 95.9 Å². The van der Waals surface area contributed by atoms with Gasteiger partial charge in [0.1, 0.15) is 0 Å². The first kappa shape index (κ1) is 60.6. The van der Waals surface area contributed by atoms with Crippen LogP contribution in [0.1, 0.15) is 309 Å². The minimum atomic E-state index is -0.667. The molecule has 0 saturated heterocycles. The Hall–Kier alpha value is -1.40. The van der Waals surface area contributed by atoms with Crippen LogP contribution < -0.4 is 5.32 Å². The zero-order valence-corrected chi connectivity index (χ0v) is 41.9. The highest BCUT2D eigenvalue weighted by molar-refractivity contribution is 5.76. The van der Waals surface area contributed by atoms with E-state index in [4.69, 9.17) is 4.74 Å². The third-order valence-corrected chi connectivity index (χ3v) is 13.1. The molecule has 0 aliphatic heterocycles. The Bertz CT molecular complexity index is 924. The van der Waals surface area contributed by atoms with Gasteiger partial charge < -0.3 is 20.3 Å². The van der Waals surface area contributed by atoms with Crippen molar-refractivity contribution in [1.29, 1.82) is 0 Å². The van der Waals surface area contributed by atoms with Crippen molar-refractivity contribution >= 4 is 11.9 Å². The number of hydrogen-bond acceptors (Lipinski definition) is 5. The molecular formula is C56H109NO5. The molecule has 0 rings (SSSR count). The molecule has 2 atom stereocenters. The first-order chi connectivity index (χ1) is 30.5. The van der Waals surface area contributed by atoms with E-state index < -0.39 is 12.1 Å². The largest absolute Gasteiger partial charge is 0.466 e. The van der Waals surface area contributed by atoms with Gasteiger partial charge >= 0.3 is 5.97 Å². The molecule has 0 aromatic carbocycles. The van der Waals surface area contributed by atoms with Gasteiger partial charge in [0.25, 0.3) is 0 Å². The van der Waals surface area contributed by atoms with E-state index in [1.165, 1.54) is 231 Å². The average molecular weight is 876 g/mol. The lowest BCUT2D eigenvalue weighted by Gasteiger charge is -2.22. The van der Waals surface area contributed by atoms with Gasteiger partial charge in [-0.1, -0.05) is 257 Å². The van der Waals surface area contributed by atoms with Crippen molar-refractivity contribution in [2.24, 2.45) is 0 Å². The van der Waals surface area contributed by atoms with E-state index >= 15 is 0 Å². The molecule has 0 spiro atoms. The van der Waals surface area contributed by atoms with Gasteiger partial charge in [-0.2, -0.15) is 0 Å². The molecule has 6 heteroatoms. The van der Waals surface area contributed by atoms with Gasteiger partial charge in [0, 0.05) is 12.8 Å². The summed E-state index contributed by atoms with van der Waals surface area (Å²) in [5.41, 5.74) is 0. The highest BCUT2D eigenvalue weighted by Gasteiger charge is 2.20. The van der Waals surface area contributed by atoms with Crippen LogP contribution in [0.25, 0.3) is 0 Å². The number of aliphatic hydroxyl groups excluding tert-OH is 2. The molecule has 0 aliphatic carbocycles. The summed E-state index contributed by atoms with van der Waals surface area (Å²) < 4.78 is 5.47. The molecule has 6 nitrogen and oxygen atoms in total. The first-order valence-electron chi connectivity index (χ1n) is 27.9. The van der Waals surface area contributed by atoms with Crippen LogP contribution in [0.5, 0.6) is 0 Å². The molecule has 62 heavy (non-hydrogen) atoms. The number of ether oxygens (including phenoxy) is 1. The third-order valence-electron chi connectivity index (χ3n) is 13.1. The number of allylic oxidation sites excluding steroid dienone is 2. The van der Waals surface area contributed by atoms with Crippen LogP contribution in [-0.2, 0) is 14.3 Å². The van der Waals surface area contributed by atoms with E-state index in [-0.39, 0.29) is 18.5 Å². The molecule has 0 aromatic rings. The molecule has 368 valence electrons. The van der Waals surface area contributed by atoms with Crippen molar-refractivity contribution in [2.75, 3.05) is 13.2 Å². The predicted octanol–water partition coefficient (Wildman–Crippen LogP) is 16.9. The van der Waals surface area contributed by atoms with Crippen molar-refractivity contribution in [3.8, 4) is 0 Å². The maximum absolute atomic E-state index is 12.5. The normalized spacial score (nSPS) is 12.6. The summed E-state index contributed by atoms with van der Waals surface area (Å²) >= 11 is 0. The van der Waals surface area contributed by atoms with Gasteiger partial charge in [0.2, 0.25) is 5.91 Å². The smallest absolute Gasteiger partial charge is 0.305 e. The standard InChI is InChI=1S/C56H109NO5/c1-3-5-7-9-11-13-15-17-24-28-32-36-40-44-48-54(59)53(52-58)57-55(60)49-45-41-37-33-29-25-22-20-19-21-23-27-31-35-39-43-47-51-62-56(61)50-46-42-38-34-30-26-18-16-14-12-10-8-6-4-2/h16,18,53-54,58-59H,3-15,17,19-52H2,1-2H3,(H,57,60)/b18-16-. The molecule has 0 bridgehead atoms. The third kappa shape index (κ3) is 48.1. The second-order valence-electron chi connectivity index (χ2n) is 19.3. The minimum absolute atomic E-state index is 0.00274. The predicted molar refractivity (Wildman–Crippen MR) is 269 cm³/mol. The molecule has 3 N–H and O–H groups in total. The fourth-order valence-corrected chi connectivity index (χ4v) is 8.75. The number of unbranched alkanes of at least 4 members (excludes halogenated alkanes) is 39. The number of esters is 1. The van der Waals surface area contributed by atoms with Gasteiger partial charge in [-0.25, -0.2) is 0 Å². The van der Waals surface area contributed by atoms with E-state index in [0.717, 1.165) is 44.9 Å². The highest BCUT2D eigenvalue weighted by atomic mass is 16.5. The lowest BCUT2D eigenvalue weighted by Crippen LogP contribution is -2.45. The summed E-state index contributed by atoms with van der Waals surface area (Å²) in [6.45, 7) is 4.94. The molecule has 2 unspecified atom stereocenters. The van der Waals surface area contributed by atoms with Crippen LogP contribution in [0.15, 0.2) is 12.2 Å². The summed E-state index contributed by atoms with van der Waals surface area (Å²) in [4.78, 5) is 24.5. The molecule has 1 amide bonds. The van der Waals surface area contributed by atoms with Crippen molar-refractivity contribution < 1.29 is 24.5 Å². The molecule has 0 aliphatic rings. The Morgan fingerprint density at radius 2 is 0.758 bits per heavy atom. The molecule has 0 saturated carbocycles. The molecule has 0 radical (unpaired) electrons. The van der Waals surface area contributed by atoms with Gasteiger partial charge in [-0.3, -0.25) is 9.59 Å². The second kappa shape index (κ2) is 52.2. The average Bonchev–Trinajstić information content (AvgIpc) is 3.27. The van der Waals surface area contributed by atoms with Crippen LogP contribution in [0.4, 0.5) is 0 Å². The van der Waals surface area contributed by atoms with Crippen molar-refractivity contribution in [3.05, 3.63) is 12.2 Å². The van der Waals surface area contributed by atoms with E-state index in [2.05, 4.69) is 31.3 Å². The number of rotatable bonds is 52. The van der Waals surface area contributed by atoms with E-state index in [1.54, 1.807) is 0 Å². The fraction of sp³-hybridized carbons (Fsp3) is 0.929. The number of nitrogens with one attached hydrogen (secondary N) is 1. The quantitative estimate of drug-likeness (QED) is 0.0321. The first-order valence-corrected chi connectivity index (χ1v) is 27.9. The number of carbonyl (C=O) groups is 2. The Morgan fingerprint density at radius 3 is 1.15 bits per heavy atom. The van der Waals surface area contributed by atoms with E-state index in [9.17, 15) is 19.8 Å². The molecule has 0 heterocycles. The Kier molecular flexibility index (Phi) is 51.0. The van der Waals surface area contributed by atoms with Gasteiger partial charge in [0.15, 0.2) is 0 Å². The molecule has 0 aromatic heterocycles. The van der Waals surface area contributed by atoms with Crippen LogP contribution in [0, 0.1) is 0 Å². The Morgan fingerprint density at radius 1 is 0.435 bits per heavy atom. The summed E-state index contributed by atoms with van der Waals surface area (Å²) in [5.74, 6) is -0.0418. The summed E-state index contributed by atoms with van der Waals surface area (Å²) in [7, 11) is 0. The van der Waals surface area contributed by atoms with Gasteiger partial charge in [-0.05, 0) is 51.4 Å². The lowest BCUT2D eigenvalue weighted by atomic mass is 10.0. The van der Waals surface area contributed by atoms with Crippen molar-refractivity contribution in [2.45, 2.75) is 321 Å². The van der Waals surface area contributed by atoms with Gasteiger partial charge in [-0.15, -0.1) is 0 Å². The van der Waals surface area contributed by atoms with E-state index in [0.29, 0.717) is 25.9 Å².